The van der Waals surface area contributed by atoms with Crippen LogP contribution in [0.4, 0.5) is 14.5 Å². The van der Waals surface area contributed by atoms with Crippen molar-refractivity contribution < 1.29 is 41.1 Å². The number of sulfonamides is 1. The summed E-state index contributed by atoms with van der Waals surface area (Å²) in [6.45, 7) is 3.04. The summed E-state index contributed by atoms with van der Waals surface area (Å²) < 4.78 is 66.0. The number of halogens is 2. The fourth-order valence-corrected chi connectivity index (χ4v) is 8.93. The number of hydrogen-bond donors (Lipinski definition) is 3. The van der Waals surface area contributed by atoms with Crippen LogP contribution in [0.2, 0.25) is 0 Å². The van der Waals surface area contributed by atoms with E-state index in [1.54, 1.807) is 0 Å². The molecule has 0 saturated carbocycles. The van der Waals surface area contributed by atoms with Gasteiger partial charge in [0.25, 0.3) is 15.9 Å². The van der Waals surface area contributed by atoms with Crippen molar-refractivity contribution in [2.24, 2.45) is 0 Å². The van der Waals surface area contributed by atoms with E-state index in [4.69, 9.17) is 9.47 Å². The molecular weight excluding hydrogens is 642 g/mol. The molecule has 238 valence electrons. The van der Waals surface area contributed by atoms with Crippen LogP contribution in [0, 0.1) is 11.6 Å². The molecule has 3 N–H and O–H groups in total. The molecule has 3 aliphatic rings. The molecule has 2 amide bonds. The highest BCUT2D eigenvalue weighted by Gasteiger charge is 2.64. The second kappa shape index (κ2) is 10.7. The lowest BCUT2D eigenvalue weighted by atomic mass is 9.96. The molecule has 2 saturated heterocycles. The number of amides is 2. The lowest BCUT2D eigenvalue weighted by Gasteiger charge is -2.43. The Hall–Kier alpha value is -4.63. The number of H-pyrrole nitrogens is 1. The van der Waals surface area contributed by atoms with Crippen LogP contribution < -0.4 is 14.8 Å². The van der Waals surface area contributed by atoms with Gasteiger partial charge in [-0.05, 0) is 61.9 Å². The maximum Gasteiger partial charge on any atom is 0.330 e. The third-order valence-corrected chi connectivity index (χ3v) is 11.1. The molecule has 11 nitrogen and oxygen atoms in total. The molecule has 3 unspecified atom stereocenters. The molecule has 4 heterocycles. The normalized spacial score (nSPS) is 21.8. The lowest BCUT2D eigenvalue weighted by Crippen LogP contribution is -2.71. The number of rotatable bonds is 7. The van der Waals surface area contributed by atoms with Gasteiger partial charge in [-0.25, -0.2) is 22.0 Å². The summed E-state index contributed by atoms with van der Waals surface area (Å²) in [6.07, 6.45) is 0. The van der Waals surface area contributed by atoms with Crippen molar-refractivity contribution in [1.82, 2.24) is 15.2 Å². The summed E-state index contributed by atoms with van der Waals surface area (Å²) in [7, 11) is -4.05. The van der Waals surface area contributed by atoms with Crippen LogP contribution in [0.5, 0.6) is 5.75 Å². The lowest BCUT2D eigenvalue weighted by molar-refractivity contribution is -0.165. The maximum atomic E-state index is 13.9. The highest BCUT2D eigenvalue weighted by Crippen LogP contribution is 2.51. The zero-order valence-electron chi connectivity index (χ0n) is 24.3. The largest absolute Gasteiger partial charge is 0.484 e. The van der Waals surface area contributed by atoms with E-state index in [0.717, 1.165) is 0 Å². The molecule has 1 aromatic heterocycles. The van der Waals surface area contributed by atoms with E-state index in [2.05, 4.69) is 15.0 Å². The Labute approximate surface area is 265 Å². The maximum absolute atomic E-state index is 13.9. The van der Waals surface area contributed by atoms with Crippen LogP contribution in [0.3, 0.4) is 0 Å². The zero-order chi connectivity index (χ0) is 32.5. The number of ether oxygens (including phenoxy) is 2. The standard InChI is InChI=1S/C31H26F2N4O7S2/c1-31(2)27(30(40)44-13-15-3-5-16(32)6-4-15)37-28(39)26(29(37)45-31)35-23(38)14-43-18-8-9-19-22(12-18)46(41,42)36-25-20-11-17(33)7-10-21(20)34-24(19)25/h3-12,26-27,29,34,36H,13-14H2,1-2H3,(H,35,38). The van der Waals surface area contributed by atoms with Gasteiger partial charge in [0, 0.05) is 27.3 Å². The molecule has 4 aromatic rings. The van der Waals surface area contributed by atoms with Crippen molar-refractivity contribution in [2.75, 3.05) is 11.3 Å². The number of nitrogens with one attached hydrogen (secondary N) is 3. The van der Waals surface area contributed by atoms with Crippen LogP contribution in [0.15, 0.2) is 65.6 Å². The Kier molecular flexibility index (Phi) is 7.01. The number of aromatic amines is 1. The van der Waals surface area contributed by atoms with E-state index in [1.807, 2.05) is 13.8 Å². The van der Waals surface area contributed by atoms with Gasteiger partial charge in [-0.15, -0.1) is 11.8 Å². The number of carbonyl (C=O) groups is 3. The third-order valence-electron chi connectivity index (χ3n) is 8.15. The summed E-state index contributed by atoms with van der Waals surface area (Å²) >= 11 is 1.36. The van der Waals surface area contributed by atoms with E-state index in [9.17, 15) is 31.6 Å². The first-order chi connectivity index (χ1) is 21.8. The van der Waals surface area contributed by atoms with Crippen molar-refractivity contribution in [3.63, 3.8) is 0 Å². The molecule has 0 radical (unpaired) electrons. The van der Waals surface area contributed by atoms with E-state index in [-0.39, 0.29) is 22.9 Å². The summed E-state index contributed by atoms with van der Waals surface area (Å²) in [4.78, 5) is 43.4. The summed E-state index contributed by atoms with van der Waals surface area (Å²) in [6, 6.07) is 12.1. The number of esters is 1. The smallest absolute Gasteiger partial charge is 0.330 e. The van der Waals surface area contributed by atoms with E-state index >= 15 is 0 Å². The number of carbonyl (C=O) groups excluding carboxylic acids is 3. The number of fused-ring (bicyclic) bond motifs is 6. The SMILES string of the molecule is CC1(C)SC2C(NC(=O)COc3ccc4c(c3)S(=O)(=O)Nc3c-4[nH]c4ccc(F)cc34)C(=O)N2C1C(=O)OCc1ccc(F)cc1. The molecule has 2 fully saturated rings. The molecule has 46 heavy (non-hydrogen) atoms. The molecule has 7 rings (SSSR count). The van der Waals surface area contributed by atoms with Crippen LogP contribution in [0.25, 0.3) is 22.2 Å². The average molecular weight is 669 g/mol. The number of nitrogens with zero attached hydrogens (tertiary/aromatic N) is 1. The fourth-order valence-electron chi connectivity index (χ4n) is 5.99. The van der Waals surface area contributed by atoms with Crippen molar-refractivity contribution in [1.29, 1.82) is 0 Å². The number of anilines is 1. The molecule has 0 bridgehead atoms. The van der Waals surface area contributed by atoms with Gasteiger partial charge >= 0.3 is 5.97 Å². The first kappa shape index (κ1) is 30.0. The zero-order valence-corrected chi connectivity index (χ0v) is 25.9. The Morgan fingerprint density at radius 1 is 1.04 bits per heavy atom. The molecule has 3 atom stereocenters. The van der Waals surface area contributed by atoms with Crippen LogP contribution >= 0.6 is 11.8 Å². The predicted molar refractivity (Wildman–Crippen MR) is 164 cm³/mol. The average Bonchev–Trinajstić information content (AvgIpc) is 3.49. The predicted octanol–water partition coefficient (Wildman–Crippen LogP) is 3.90. The van der Waals surface area contributed by atoms with Gasteiger partial charge in [0.15, 0.2) is 6.61 Å². The van der Waals surface area contributed by atoms with Crippen molar-refractivity contribution in [3.8, 4) is 17.0 Å². The number of benzene rings is 3. The van der Waals surface area contributed by atoms with E-state index < -0.39 is 68.3 Å². The molecule has 0 aliphatic carbocycles. The molecule has 0 spiro atoms. The van der Waals surface area contributed by atoms with Gasteiger partial charge in [0.05, 0.1) is 11.4 Å². The van der Waals surface area contributed by atoms with Gasteiger partial charge < -0.3 is 24.7 Å². The van der Waals surface area contributed by atoms with Crippen molar-refractivity contribution in [3.05, 3.63) is 77.9 Å². The summed E-state index contributed by atoms with van der Waals surface area (Å²) in [5.41, 5.74) is 2.22. The van der Waals surface area contributed by atoms with Crippen LogP contribution in [0.1, 0.15) is 19.4 Å². The molecule has 3 aliphatic heterocycles. The van der Waals surface area contributed by atoms with Crippen LogP contribution in [-0.2, 0) is 35.8 Å². The van der Waals surface area contributed by atoms with Crippen molar-refractivity contribution in [2.45, 2.75) is 47.6 Å². The molecular formula is C31H26F2N4O7S2. The first-order valence-corrected chi connectivity index (χ1v) is 16.5. The van der Waals surface area contributed by atoms with Gasteiger partial charge in [0.2, 0.25) is 5.91 Å². The highest BCUT2D eigenvalue weighted by molar-refractivity contribution is 8.01. The number of thioether (sulfide) groups is 1. The number of hydrogen-bond acceptors (Lipinski definition) is 8. The number of aromatic nitrogens is 1. The Bertz CT molecular complexity index is 2050. The van der Waals surface area contributed by atoms with E-state index in [0.29, 0.717) is 27.7 Å². The highest BCUT2D eigenvalue weighted by atomic mass is 32.2. The minimum atomic E-state index is -4.05. The van der Waals surface area contributed by atoms with Gasteiger partial charge in [-0.3, -0.25) is 14.3 Å². The number of β-lactam (4-membered cyclic amide) rings is 1. The Balaban J connectivity index is 0.996. The summed E-state index contributed by atoms with van der Waals surface area (Å²) in [5, 5.41) is 2.53. The van der Waals surface area contributed by atoms with Gasteiger partial charge in [-0.2, -0.15) is 0 Å². The Morgan fingerprint density at radius 2 is 1.78 bits per heavy atom. The van der Waals surface area contributed by atoms with Crippen LogP contribution in [-0.4, -0.2) is 64.9 Å². The van der Waals surface area contributed by atoms with Gasteiger partial charge in [0.1, 0.15) is 46.3 Å². The fraction of sp³-hybridized carbons (Fsp3) is 0.258. The quantitative estimate of drug-likeness (QED) is 0.199. The second-order valence-corrected chi connectivity index (χ2v) is 15.1. The van der Waals surface area contributed by atoms with E-state index in [1.165, 1.54) is 77.3 Å². The summed E-state index contributed by atoms with van der Waals surface area (Å²) in [5.74, 6) is -2.47. The molecule has 15 heteroatoms. The minimum Gasteiger partial charge on any atom is -0.484 e. The first-order valence-electron chi connectivity index (χ1n) is 14.1. The third kappa shape index (κ3) is 5.03. The Morgan fingerprint density at radius 3 is 2.54 bits per heavy atom. The minimum absolute atomic E-state index is 0.0798. The van der Waals surface area contributed by atoms with Crippen molar-refractivity contribution >= 4 is 56.2 Å². The van der Waals surface area contributed by atoms with Gasteiger partial charge in [-0.1, -0.05) is 12.1 Å². The monoisotopic (exact) mass is 668 g/mol. The second-order valence-electron chi connectivity index (χ2n) is 11.7. The molecule has 3 aromatic carbocycles. The topological polar surface area (TPSA) is 147 Å².